The number of hydrogen-bond donors (Lipinski definition) is 4. The lowest BCUT2D eigenvalue weighted by molar-refractivity contribution is -0.140. The summed E-state index contributed by atoms with van der Waals surface area (Å²) < 4.78 is 0. The van der Waals surface area contributed by atoms with Crippen LogP contribution >= 0.6 is 12.6 Å². The molecular weight excluding hydrogens is 306 g/mol. The number of aliphatic carboxylic acids is 1. The Morgan fingerprint density at radius 1 is 1.41 bits per heavy atom. The molecule has 2 rings (SSSR count). The van der Waals surface area contributed by atoms with Crippen molar-refractivity contribution in [3.8, 4) is 5.75 Å². The highest BCUT2D eigenvalue weighted by Gasteiger charge is 2.34. The van der Waals surface area contributed by atoms with Crippen molar-refractivity contribution in [2.75, 3.05) is 12.3 Å². The van der Waals surface area contributed by atoms with Gasteiger partial charge < -0.3 is 15.9 Å². The number of aromatic hydroxyl groups is 1. The van der Waals surface area contributed by atoms with E-state index in [-0.39, 0.29) is 23.0 Å². The first-order valence-corrected chi connectivity index (χ1v) is 7.05. The highest BCUT2D eigenvalue weighted by Crippen LogP contribution is 2.20. The quantitative estimate of drug-likeness (QED) is 0.460. The van der Waals surface area contributed by atoms with Gasteiger partial charge in [0, 0.05) is 5.75 Å². The van der Waals surface area contributed by atoms with E-state index in [9.17, 15) is 14.7 Å². The molecule has 1 aromatic rings. The van der Waals surface area contributed by atoms with Gasteiger partial charge in [0.05, 0.1) is 6.04 Å². The smallest absolute Gasteiger partial charge is 0.323 e. The van der Waals surface area contributed by atoms with Crippen molar-refractivity contribution in [1.29, 1.82) is 0 Å². The molecule has 0 bridgehead atoms. The third kappa shape index (κ3) is 3.46. The molecule has 7 nitrogen and oxygen atoms in total. The number of nitrogens with zero attached hydrogens (tertiary/aromatic N) is 2. The summed E-state index contributed by atoms with van der Waals surface area (Å²) in [4.78, 5) is 28.4. The second kappa shape index (κ2) is 6.63. The third-order valence-corrected chi connectivity index (χ3v) is 3.39. The molecule has 1 aliphatic heterocycles. The summed E-state index contributed by atoms with van der Waals surface area (Å²) in [7, 11) is 0. The van der Waals surface area contributed by atoms with Gasteiger partial charge >= 0.3 is 5.97 Å². The number of carboxylic acid groups (broad SMARTS) is 1. The highest BCUT2D eigenvalue weighted by molar-refractivity contribution is 7.80. The van der Waals surface area contributed by atoms with Crippen LogP contribution in [-0.4, -0.2) is 51.2 Å². The fourth-order valence-electron chi connectivity index (χ4n) is 1.95. The summed E-state index contributed by atoms with van der Waals surface area (Å²) in [5.41, 5.74) is 6.58. The van der Waals surface area contributed by atoms with Crippen LogP contribution in [0.15, 0.2) is 35.0 Å². The van der Waals surface area contributed by atoms with Crippen molar-refractivity contribution >= 4 is 36.4 Å². The average molecular weight is 321 g/mol. The molecule has 0 spiro atoms. The Labute approximate surface area is 132 Å². The van der Waals surface area contributed by atoms with E-state index in [0.717, 1.165) is 4.90 Å². The standard InChI is InChI=1S/C14H15N3O4S/c15-10(7-22)13-16-11(14(21)17(13)6-12(19)20)5-8-1-3-9(18)4-2-8/h1-5,10,18,22H,6-7,15H2,(H,19,20)/b11-5-/t10-/m0/s1. The Balaban J connectivity index is 2.36. The van der Waals surface area contributed by atoms with Crippen LogP contribution in [0.2, 0.25) is 0 Å². The van der Waals surface area contributed by atoms with Crippen molar-refractivity contribution in [1.82, 2.24) is 4.90 Å². The summed E-state index contributed by atoms with van der Waals surface area (Å²) >= 11 is 4.05. The van der Waals surface area contributed by atoms with Gasteiger partial charge in [-0.2, -0.15) is 12.6 Å². The number of carbonyl (C=O) groups excluding carboxylic acids is 1. The number of amidine groups is 1. The molecule has 1 amide bonds. The zero-order valence-corrected chi connectivity index (χ0v) is 12.4. The number of nitrogens with two attached hydrogens (primary N) is 1. The monoisotopic (exact) mass is 321 g/mol. The second-order valence-corrected chi connectivity index (χ2v) is 5.03. The Bertz CT molecular complexity index is 655. The molecule has 22 heavy (non-hydrogen) atoms. The van der Waals surface area contributed by atoms with Crippen LogP contribution in [0.3, 0.4) is 0 Å². The molecule has 0 aliphatic carbocycles. The Kier molecular flexibility index (Phi) is 4.84. The molecular formula is C14H15N3O4S. The van der Waals surface area contributed by atoms with E-state index >= 15 is 0 Å². The maximum absolute atomic E-state index is 12.3. The van der Waals surface area contributed by atoms with Gasteiger partial charge in [0.15, 0.2) is 0 Å². The number of amides is 1. The van der Waals surface area contributed by atoms with Crippen LogP contribution < -0.4 is 5.73 Å². The van der Waals surface area contributed by atoms with Crippen LogP contribution in [0.5, 0.6) is 5.75 Å². The topological polar surface area (TPSA) is 116 Å². The maximum Gasteiger partial charge on any atom is 0.323 e. The Hall–Kier alpha value is -2.32. The molecule has 1 aromatic carbocycles. The molecule has 0 saturated heterocycles. The predicted octanol–water partition coefficient (Wildman–Crippen LogP) is 0.315. The van der Waals surface area contributed by atoms with Crippen molar-refractivity contribution < 1.29 is 19.8 Å². The number of phenolic OH excluding ortho intramolecular Hbond substituents is 1. The maximum atomic E-state index is 12.3. The Morgan fingerprint density at radius 3 is 2.59 bits per heavy atom. The lowest BCUT2D eigenvalue weighted by Gasteiger charge is -2.19. The van der Waals surface area contributed by atoms with Crippen LogP contribution in [-0.2, 0) is 9.59 Å². The van der Waals surface area contributed by atoms with Gasteiger partial charge in [0.2, 0.25) is 0 Å². The van der Waals surface area contributed by atoms with E-state index in [1.165, 1.54) is 18.2 Å². The molecule has 0 aromatic heterocycles. The molecule has 1 aliphatic rings. The number of rotatable bonds is 5. The lowest BCUT2D eigenvalue weighted by Crippen LogP contribution is -2.46. The van der Waals surface area contributed by atoms with E-state index in [2.05, 4.69) is 17.6 Å². The largest absolute Gasteiger partial charge is 0.508 e. The number of aliphatic imine (C=N–C) groups is 1. The summed E-state index contributed by atoms with van der Waals surface area (Å²) in [6.45, 7) is -0.508. The molecule has 0 saturated carbocycles. The van der Waals surface area contributed by atoms with Crippen molar-refractivity contribution in [3.05, 3.63) is 35.5 Å². The lowest BCUT2D eigenvalue weighted by atomic mass is 10.2. The van der Waals surface area contributed by atoms with Crippen LogP contribution in [0.25, 0.3) is 6.08 Å². The zero-order valence-electron chi connectivity index (χ0n) is 11.5. The van der Waals surface area contributed by atoms with Gasteiger partial charge in [-0.25, -0.2) is 4.99 Å². The van der Waals surface area contributed by atoms with E-state index in [4.69, 9.17) is 10.8 Å². The summed E-state index contributed by atoms with van der Waals surface area (Å²) in [6.07, 6.45) is 1.51. The fraction of sp³-hybridized carbons (Fsp3) is 0.214. The minimum Gasteiger partial charge on any atom is -0.508 e. The van der Waals surface area contributed by atoms with Gasteiger partial charge in [-0.3, -0.25) is 14.5 Å². The number of thiol groups is 1. The van der Waals surface area contributed by atoms with Crippen LogP contribution in [0.1, 0.15) is 5.56 Å². The average Bonchev–Trinajstić information content (AvgIpc) is 2.77. The van der Waals surface area contributed by atoms with Gasteiger partial charge in [0.25, 0.3) is 5.91 Å². The molecule has 0 fully saturated rings. The minimum absolute atomic E-state index is 0.0965. The summed E-state index contributed by atoms with van der Waals surface area (Å²) in [5, 5.41) is 18.2. The molecule has 4 N–H and O–H groups in total. The SMILES string of the molecule is N[C@@H](CS)C1=N/C(=C\c2ccc(O)cc2)C(=O)N1CC(=O)O. The number of hydrogen-bond acceptors (Lipinski definition) is 6. The second-order valence-electron chi connectivity index (χ2n) is 4.67. The highest BCUT2D eigenvalue weighted by atomic mass is 32.1. The van der Waals surface area contributed by atoms with Crippen molar-refractivity contribution in [2.24, 2.45) is 10.7 Å². The molecule has 0 radical (unpaired) electrons. The molecule has 0 unspecified atom stereocenters. The number of phenols is 1. The van der Waals surface area contributed by atoms with E-state index in [1.807, 2.05) is 0 Å². The minimum atomic E-state index is -1.15. The number of carbonyl (C=O) groups is 2. The molecule has 8 heteroatoms. The Morgan fingerprint density at radius 2 is 2.05 bits per heavy atom. The number of benzene rings is 1. The van der Waals surface area contributed by atoms with Gasteiger partial charge in [-0.1, -0.05) is 12.1 Å². The molecule has 116 valence electrons. The predicted molar refractivity (Wildman–Crippen MR) is 84.7 cm³/mol. The fourth-order valence-corrected chi connectivity index (χ4v) is 2.11. The molecule has 1 heterocycles. The van der Waals surface area contributed by atoms with Gasteiger partial charge in [-0.05, 0) is 23.8 Å². The molecule has 1 atom stereocenters. The first-order valence-electron chi connectivity index (χ1n) is 6.41. The van der Waals surface area contributed by atoms with Crippen LogP contribution in [0, 0.1) is 0 Å². The third-order valence-electron chi connectivity index (χ3n) is 2.99. The van der Waals surface area contributed by atoms with E-state index < -0.39 is 24.5 Å². The normalized spacial score (nSPS) is 17.7. The van der Waals surface area contributed by atoms with Crippen molar-refractivity contribution in [2.45, 2.75) is 6.04 Å². The van der Waals surface area contributed by atoms with Gasteiger partial charge in [-0.15, -0.1) is 0 Å². The summed E-state index contributed by atoms with van der Waals surface area (Å²) in [6, 6.07) is 5.54. The van der Waals surface area contributed by atoms with Crippen LogP contribution in [0.4, 0.5) is 0 Å². The first kappa shape index (κ1) is 16.1. The zero-order chi connectivity index (χ0) is 16.3. The summed E-state index contributed by atoms with van der Waals surface area (Å²) in [5.74, 6) is -1.16. The van der Waals surface area contributed by atoms with Gasteiger partial charge in [0.1, 0.15) is 23.8 Å². The van der Waals surface area contributed by atoms with E-state index in [1.54, 1.807) is 12.1 Å². The first-order chi connectivity index (χ1) is 10.4. The van der Waals surface area contributed by atoms with Crippen molar-refractivity contribution in [3.63, 3.8) is 0 Å². The van der Waals surface area contributed by atoms with E-state index in [0.29, 0.717) is 5.56 Å². The number of carboxylic acids is 1.